The number of hydrogen-bond acceptors (Lipinski definition) is 4. The average Bonchev–Trinajstić information content (AvgIpc) is 2.67. The summed E-state index contributed by atoms with van der Waals surface area (Å²) in [7, 11) is -4.50. The van der Waals surface area contributed by atoms with Gasteiger partial charge in [-0.15, -0.1) is 0 Å². The minimum atomic E-state index is -4.50. The predicted molar refractivity (Wildman–Crippen MR) is 123 cm³/mol. The Labute approximate surface area is 210 Å². The van der Waals surface area contributed by atoms with E-state index < -0.39 is 10.4 Å². The summed E-state index contributed by atoms with van der Waals surface area (Å²) < 4.78 is 35.0. The van der Waals surface area contributed by atoms with Crippen LogP contribution in [0.2, 0.25) is 0 Å². The molecule has 0 amide bonds. The summed E-state index contributed by atoms with van der Waals surface area (Å²) in [5, 5.41) is 0. The molecule has 0 rings (SSSR count). The summed E-state index contributed by atoms with van der Waals surface area (Å²) in [6.45, 7) is 2.31. The first-order chi connectivity index (χ1) is 14.1. The summed E-state index contributed by atoms with van der Waals surface area (Å²) in [5.41, 5.74) is 0. The molecule has 0 spiro atoms. The summed E-state index contributed by atoms with van der Waals surface area (Å²) in [6.07, 6.45) is 29.1. The Balaban J connectivity index is 0. The van der Waals surface area contributed by atoms with E-state index in [1.165, 1.54) is 122 Å². The first-order valence-electron chi connectivity index (χ1n) is 12.7. The molecule has 0 heterocycles. The molecule has 4 nitrogen and oxygen atoms in total. The van der Waals surface area contributed by atoms with Crippen LogP contribution in [0, 0.1) is 0 Å². The Morgan fingerprint density at radius 2 is 0.733 bits per heavy atom. The molecule has 0 aliphatic heterocycles. The minimum Gasteiger partial charge on any atom is -0.726 e. The van der Waals surface area contributed by atoms with E-state index >= 15 is 0 Å². The van der Waals surface area contributed by atoms with Gasteiger partial charge in [0.1, 0.15) is 0 Å². The molecule has 0 fully saturated rings. The van der Waals surface area contributed by atoms with Gasteiger partial charge in [-0.2, -0.15) is 0 Å². The molecular weight excluding hydrogens is 407 g/mol. The smallest absolute Gasteiger partial charge is 0.726 e. The van der Waals surface area contributed by atoms with Crippen LogP contribution < -0.4 is 29.6 Å². The molecular formula is C24H49NaO4S. The van der Waals surface area contributed by atoms with Gasteiger partial charge in [-0.1, -0.05) is 142 Å². The predicted octanol–water partition coefficient (Wildman–Crippen LogP) is 5.07. The molecule has 0 aliphatic rings. The molecule has 0 aromatic rings. The van der Waals surface area contributed by atoms with Crippen LogP contribution in [0.1, 0.15) is 148 Å². The second kappa shape index (κ2) is 26.1. The van der Waals surface area contributed by atoms with Crippen LogP contribution in [0.3, 0.4) is 0 Å². The van der Waals surface area contributed by atoms with Crippen molar-refractivity contribution < 1.29 is 46.7 Å². The zero-order valence-electron chi connectivity index (χ0n) is 20.3. The molecule has 0 aliphatic carbocycles. The zero-order chi connectivity index (χ0) is 21.5. The van der Waals surface area contributed by atoms with E-state index in [-0.39, 0.29) is 36.2 Å². The fourth-order valence-corrected chi connectivity index (χ4v) is 4.19. The molecule has 176 valence electrons. The molecule has 0 unspecified atom stereocenters. The Morgan fingerprint density at radius 3 is 0.967 bits per heavy atom. The summed E-state index contributed by atoms with van der Waals surface area (Å²) in [5.74, 6) is 0. The first-order valence-corrected chi connectivity index (χ1v) is 14.0. The third-order valence-corrected chi connectivity index (χ3v) is 6.18. The van der Waals surface area contributed by atoms with Crippen LogP contribution in [0.25, 0.3) is 0 Å². The fraction of sp³-hybridized carbons (Fsp3) is 1.00. The summed E-state index contributed by atoms with van der Waals surface area (Å²) >= 11 is 0. The van der Waals surface area contributed by atoms with Crippen LogP contribution in [-0.2, 0) is 14.6 Å². The van der Waals surface area contributed by atoms with Crippen molar-refractivity contribution >= 4 is 10.4 Å². The van der Waals surface area contributed by atoms with E-state index in [0.29, 0.717) is 6.42 Å². The van der Waals surface area contributed by atoms with Crippen molar-refractivity contribution in [2.24, 2.45) is 0 Å². The molecule has 0 saturated carbocycles. The van der Waals surface area contributed by atoms with Crippen molar-refractivity contribution in [3.05, 3.63) is 0 Å². The van der Waals surface area contributed by atoms with Gasteiger partial charge >= 0.3 is 29.6 Å². The Kier molecular flexibility index (Phi) is 28.8. The number of unbranched alkanes of at least 4 members (excludes halogenated alkanes) is 21. The quantitative estimate of drug-likeness (QED) is 0.0880. The normalized spacial score (nSPS) is 11.5. The topological polar surface area (TPSA) is 66.4 Å². The molecule has 0 radical (unpaired) electrons. The Bertz CT molecular complexity index is 415. The maximum Gasteiger partial charge on any atom is 1.00 e. The number of rotatable bonds is 24. The summed E-state index contributed by atoms with van der Waals surface area (Å²) in [4.78, 5) is 0. The Hall–Kier alpha value is 0.870. The molecule has 0 aromatic carbocycles. The van der Waals surface area contributed by atoms with Crippen molar-refractivity contribution in [1.29, 1.82) is 0 Å². The summed E-state index contributed by atoms with van der Waals surface area (Å²) in [6, 6.07) is 0. The molecule has 0 bridgehead atoms. The fourth-order valence-electron chi connectivity index (χ4n) is 3.87. The van der Waals surface area contributed by atoms with Gasteiger partial charge < -0.3 is 4.55 Å². The van der Waals surface area contributed by atoms with E-state index in [9.17, 15) is 13.0 Å². The third-order valence-electron chi connectivity index (χ3n) is 5.73. The Morgan fingerprint density at radius 1 is 0.500 bits per heavy atom. The number of hydrogen-bond donors (Lipinski definition) is 0. The molecule has 6 heteroatoms. The van der Waals surface area contributed by atoms with E-state index in [2.05, 4.69) is 11.1 Å². The van der Waals surface area contributed by atoms with E-state index in [0.717, 1.165) is 12.8 Å². The van der Waals surface area contributed by atoms with Gasteiger partial charge in [0.2, 0.25) is 10.4 Å². The molecule has 0 aromatic heterocycles. The van der Waals surface area contributed by atoms with Crippen molar-refractivity contribution in [2.75, 3.05) is 6.61 Å². The van der Waals surface area contributed by atoms with E-state index in [4.69, 9.17) is 0 Å². The first kappa shape index (κ1) is 33.0. The van der Waals surface area contributed by atoms with Gasteiger partial charge in [-0.05, 0) is 6.42 Å². The van der Waals surface area contributed by atoms with Crippen LogP contribution in [0.15, 0.2) is 0 Å². The molecule has 0 saturated heterocycles. The SMILES string of the molecule is CCCCCCCCCCCCCCCCCCCCCCCCOS(=O)(=O)[O-].[Na+]. The largest absolute Gasteiger partial charge is 1.00 e. The average molecular weight is 457 g/mol. The van der Waals surface area contributed by atoms with Crippen molar-refractivity contribution in [3.8, 4) is 0 Å². The third kappa shape index (κ3) is 31.1. The monoisotopic (exact) mass is 456 g/mol. The maximum absolute atomic E-state index is 10.3. The van der Waals surface area contributed by atoms with Gasteiger partial charge in [0.25, 0.3) is 0 Å². The van der Waals surface area contributed by atoms with Gasteiger partial charge in [0.15, 0.2) is 0 Å². The van der Waals surface area contributed by atoms with Crippen LogP contribution in [0.5, 0.6) is 0 Å². The van der Waals surface area contributed by atoms with Gasteiger partial charge in [0, 0.05) is 0 Å². The second-order valence-corrected chi connectivity index (χ2v) is 9.71. The molecule has 30 heavy (non-hydrogen) atoms. The van der Waals surface area contributed by atoms with Crippen molar-refractivity contribution in [2.45, 2.75) is 148 Å². The molecule has 0 atom stereocenters. The van der Waals surface area contributed by atoms with E-state index in [1.807, 2.05) is 0 Å². The second-order valence-electron chi connectivity index (χ2n) is 8.65. The van der Waals surface area contributed by atoms with Crippen molar-refractivity contribution in [3.63, 3.8) is 0 Å². The van der Waals surface area contributed by atoms with Crippen LogP contribution >= 0.6 is 0 Å². The van der Waals surface area contributed by atoms with E-state index in [1.54, 1.807) is 0 Å². The molecule has 0 N–H and O–H groups in total. The van der Waals surface area contributed by atoms with Crippen LogP contribution in [0.4, 0.5) is 0 Å². The zero-order valence-corrected chi connectivity index (χ0v) is 23.1. The van der Waals surface area contributed by atoms with Gasteiger partial charge in [-0.3, -0.25) is 4.18 Å². The maximum atomic E-state index is 10.3. The standard InChI is InChI=1S/C24H50O4S.Na/c1-2-3-4-5-6-7-8-9-10-11-12-13-14-15-16-17-18-19-20-21-22-23-24-28-29(25,26)27;/h2-24H2,1H3,(H,25,26,27);/q;+1/p-1. The van der Waals surface area contributed by atoms with Gasteiger partial charge in [0.05, 0.1) is 6.61 Å². The van der Waals surface area contributed by atoms with Crippen LogP contribution in [-0.4, -0.2) is 19.6 Å². The van der Waals surface area contributed by atoms with Gasteiger partial charge in [-0.25, -0.2) is 8.42 Å². The van der Waals surface area contributed by atoms with Crippen molar-refractivity contribution in [1.82, 2.24) is 0 Å². The minimum absolute atomic E-state index is 0.